The predicted molar refractivity (Wildman–Crippen MR) is 34.3 cm³/mol. The van der Waals surface area contributed by atoms with E-state index in [2.05, 4.69) is 20.4 Å². The van der Waals surface area contributed by atoms with Crippen molar-refractivity contribution >= 4 is 0 Å². The van der Waals surface area contributed by atoms with Gasteiger partial charge in [0.05, 0.1) is 0 Å². The van der Waals surface area contributed by atoms with Crippen LogP contribution in [0.3, 0.4) is 0 Å². The van der Waals surface area contributed by atoms with Crippen LogP contribution in [0.2, 0.25) is 0 Å². The quantitative estimate of drug-likeness (QED) is 0.476. The molecule has 0 aromatic rings. The largest absolute Gasteiger partial charge is 0.103 e. The molecule has 1 atom stereocenters. The molecule has 0 heteroatoms. The van der Waals surface area contributed by atoms with Gasteiger partial charge in [0, 0.05) is 0 Å². The summed E-state index contributed by atoms with van der Waals surface area (Å²) in [6.07, 6.45) is 4.41. The van der Waals surface area contributed by atoms with E-state index < -0.39 is 0 Å². The van der Waals surface area contributed by atoms with E-state index in [9.17, 15) is 0 Å². The molecule has 0 saturated heterocycles. The van der Waals surface area contributed by atoms with Gasteiger partial charge in [0.2, 0.25) is 0 Å². The number of hydrogen-bond donors (Lipinski definition) is 0. The summed E-state index contributed by atoms with van der Waals surface area (Å²) in [5.74, 6) is 0.831. The maximum absolute atomic E-state index is 3.65. The maximum Gasteiger partial charge on any atom is -0.0328 e. The molecule has 0 amide bonds. The second-order valence-corrected chi connectivity index (χ2v) is 2.04. The Balaban J connectivity index is 2.98. The van der Waals surface area contributed by atoms with Gasteiger partial charge >= 0.3 is 0 Å². The molecule has 42 valence electrons. The molecule has 0 aliphatic heterocycles. The van der Waals surface area contributed by atoms with E-state index in [0.29, 0.717) is 0 Å². The molecule has 0 aliphatic carbocycles. The summed E-state index contributed by atoms with van der Waals surface area (Å²) in [6, 6.07) is 0. The van der Waals surface area contributed by atoms with E-state index in [1.165, 1.54) is 6.42 Å². The lowest BCUT2D eigenvalue weighted by molar-refractivity contribution is 0.572. The van der Waals surface area contributed by atoms with Gasteiger partial charge in [0.15, 0.2) is 0 Å². The first-order chi connectivity index (χ1) is 3.31. The lowest BCUT2D eigenvalue weighted by Crippen LogP contribution is -1.86. The van der Waals surface area contributed by atoms with Crippen LogP contribution < -0.4 is 0 Å². The molecule has 0 unspecified atom stereocenters. The summed E-state index contributed by atoms with van der Waals surface area (Å²) in [5.41, 5.74) is 0. The van der Waals surface area contributed by atoms with Crippen molar-refractivity contribution in [3.8, 4) is 0 Å². The van der Waals surface area contributed by atoms with Gasteiger partial charge in [-0.3, -0.25) is 0 Å². The molecular formula is C7H14. The molecule has 7 heavy (non-hydrogen) atoms. The van der Waals surface area contributed by atoms with Gasteiger partial charge in [-0.25, -0.2) is 0 Å². The van der Waals surface area contributed by atoms with E-state index in [4.69, 9.17) is 0 Å². The van der Waals surface area contributed by atoms with E-state index in [1.807, 2.05) is 6.08 Å². The first kappa shape index (κ1) is 6.74. The average molecular weight is 98.2 g/mol. The zero-order chi connectivity index (χ0) is 5.70. The van der Waals surface area contributed by atoms with Gasteiger partial charge in [0.1, 0.15) is 0 Å². The molecule has 0 aliphatic rings. The molecule has 0 aromatic carbocycles. The second-order valence-electron chi connectivity index (χ2n) is 2.04. The predicted octanol–water partition coefficient (Wildman–Crippen LogP) is 2.61. The van der Waals surface area contributed by atoms with Crippen molar-refractivity contribution in [1.82, 2.24) is 0 Å². The highest BCUT2D eigenvalue weighted by Gasteiger charge is 1.90. The summed E-state index contributed by atoms with van der Waals surface area (Å²) in [7, 11) is 0. The minimum Gasteiger partial charge on any atom is -0.103 e. The lowest BCUT2D eigenvalue weighted by atomic mass is 10.1. The molecule has 0 nitrogen and oxygen atoms in total. The monoisotopic (exact) mass is 98.1 g/mol. The van der Waals surface area contributed by atoms with Crippen molar-refractivity contribution < 1.29 is 0 Å². The number of hydrogen-bond acceptors (Lipinski definition) is 0. The number of rotatable bonds is 3. The van der Waals surface area contributed by atoms with Crippen molar-refractivity contribution in [2.75, 3.05) is 0 Å². The van der Waals surface area contributed by atoms with Crippen LogP contribution in [0.1, 0.15) is 26.7 Å². The van der Waals surface area contributed by atoms with Crippen molar-refractivity contribution in [2.45, 2.75) is 26.7 Å². The van der Waals surface area contributed by atoms with Gasteiger partial charge in [-0.1, -0.05) is 26.3 Å². The van der Waals surface area contributed by atoms with Crippen LogP contribution in [0.4, 0.5) is 0 Å². The highest BCUT2D eigenvalue weighted by molar-refractivity contribution is 4.68. The molecule has 0 bridgehead atoms. The Bertz CT molecular complexity index is 46.0. The summed E-state index contributed by atoms with van der Waals surface area (Å²) < 4.78 is 0. The van der Waals surface area contributed by atoms with Crippen molar-refractivity contribution in [2.24, 2.45) is 5.92 Å². The van der Waals surface area contributed by atoms with Crippen LogP contribution >= 0.6 is 0 Å². The molecule has 0 N–H and O–H groups in total. The SMILES string of the molecule is C=CC[C@@H](C)CC. The van der Waals surface area contributed by atoms with Gasteiger partial charge < -0.3 is 0 Å². The third-order valence-electron chi connectivity index (χ3n) is 1.27. The summed E-state index contributed by atoms with van der Waals surface area (Å²) in [5, 5.41) is 0. The highest BCUT2D eigenvalue weighted by atomic mass is 14.0. The molecule has 0 spiro atoms. The Morgan fingerprint density at radius 1 is 1.71 bits per heavy atom. The fourth-order valence-electron chi connectivity index (χ4n) is 0.451. The molecular weight excluding hydrogens is 84.1 g/mol. The summed E-state index contributed by atoms with van der Waals surface area (Å²) in [4.78, 5) is 0. The van der Waals surface area contributed by atoms with Gasteiger partial charge in [-0.2, -0.15) is 0 Å². The first-order valence-electron chi connectivity index (χ1n) is 2.92. The molecule has 0 fully saturated rings. The van der Waals surface area contributed by atoms with Gasteiger partial charge in [-0.15, -0.1) is 6.58 Å². The highest BCUT2D eigenvalue weighted by Crippen LogP contribution is 2.04. The molecule has 0 rings (SSSR count). The second kappa shape index (κ2) is 3.91. The Morgan fingerprint density at radius 3 is 2.43 bits per heavy atom. The van der Waals surface area contributed by atoms with E-state index in [-0.39, 0.29) is 0 Å². The Hall–Kier alpha value is -0.260. The van der Waals surface area contributed by atoms with Gasteiger partial charge in [0.25, 0.3) is 0 Å². The molecule has 0 heterocycles. The van der Waals surface area contributed by atoms with Crippen molar-refractivity contribution in [3.05, 3.63) is 12.7 Å². The summed E-state index contributed by atoms with van der Waals surface area (Å²) >= 11 is 0. The van der Waals surface area contributed by atoms with Crippen LogP contribution in [0.15, 0.2) is 12.7 Å². The standard InChI is InChI=1S/C7H14/c1-4-6-7(3)5-2/h4,7H,1,5-6H2,2-3H3/t7-/m0/s1. The third kappa shape index (κ3) is 3.57. The van der Waals surface area contributed by atoms with Gasteiger partial charge in [-0.05, 0) is 12.3 Å². The fourth-order valence-corrected chi connectivity index (χ4v) is 0.451. The Labute approximate surface area is 46.2 Å². The minimum atomic E-state index is 0.831. The smallest absolute Gasteiger partial charge is 0.0328 e. The van der Waals surface area contributed by atoms with Crippen molar-refractivity contribution in [1.29, 1.82) is 0 Å². The maximum atomic E-state index is 3.65. The van der Waals surface area contributed by atoms with Crippen LogP contribution in [-0.2, 0) is 0 Å². The zero-order valence-electron chi connectivity index (χ0n) is 5.28. The normalized spacial score (nSPS) is 13.4. The zero-order valence-corrected chi connectivity index (χ0v) is 5.28. The Kier molecular flexibility index (Phi) is 3.77. The van der Waals surface area contributed by atoms with E-state index >= 15 is 0 Å². The molecule has 0 aromatic heterocycles. The topological polar surface area (TPSA) is 0 Å². The fraction of sp³-hybridized carbons (Fsp3) is 0.714. The van der Waals surface area contributed by atoms with E-state index in [0.717, 1.165) is 12.3 Å². The Morgan fingerprint density at radius 2 is 2.29 bits per heavy atom. The first-order valence-corrected chi connectivity index (χ1v) is 2.92. The average Bonchev–Trinajstić information content (AvgIpc) is 1.68. The van der Waals surface area contributed by atoms with Crippen LogP contribution in [-0.4, -0.2) is 0 Å². The van der Waals surface area contributed by atoms with Crippen LogP contribution in [0.5, 0.6) is 0 Å². The lowest BCUT2D eigenvalue weighted by Gasteiger charge is -2.00. The minimum absolute atomic E-state index is 0.831. The van der Waals surface area contributed by atoms with Crippen LogP contribution in [0, 0.1) is 5.92 Å². The molecule has 0 saturated carbocycles. The van der Waals surface area contributed by atoms with E-state index in [1.54, 1.807) is 0 Å². The molecule has 0 radical (unpaired) electrons. The van der Waals surface area contributed by atoms with Crippen molar-refractivity contribution in [3.63, 3.8) is 0 Å². The number of allylic oxidation sites excluding steroid dienone is 1. The third-order valence-corrected chi connectivity index (χ3v) is 1.27. The summed E-state index contributed by atoms with van der Waals surface area (Å²) in [6.45, 7) is 8.09. The van der Waals surface area contributed by atoms with Crippen LogP contribution in [0.25, 0.3) is 0 Å².